The molecule has 0 radical (unpaired) electrons. The van der Waals surface area contributed by atoms with Crippen LogP contribution in [0.15, 0.2) is 17.3 Å². The van der Waals surface area contributed by atoms with Gasteiger partial charge in [0.25, 0.3) is 0 Å². The van der Waals surface area contributed by atoms with E-state index in [0.29, 0.717) is 12.4 Å². The van der Waals surface area contributed by atoms with Gasteiger partial charge in [-0.3, -0.25) is 0 Å². The van der Waals surface area contributed by atoms with Crippen molar-refractivity contribution in [3.8, 4) is 0 Å². The van der Waals surface area contributed by atoms with Crippen LogP contribution in [0.3, 0.4) is 0 Å². The minimum Gasteiger partial charge on any atom is -0.324 e. The van der Waals surface area contributed by atoms with Crippen LogP contribution in [-0.2, 0) is 6.54 Å². The quantitative estimate of drug-likeness (QED) is 0.550. The Morgan fingerprint density at radius 1 is 1.44 bits per heavy atom. The molecule has 2 N–H and O–H groups in total. The Morgan fingerprint density at radius 3 is 2.44 bits per heavy atom. The molecular formula is C5H7N3S. The fraction of sp³-hybridized carbons (Fsp3) is 0.200. The molecule has 1 rings (SSSR count). The molecule has 4 heteroatoms. The van der Waals surface area contributed by atoms with E-state index in [1.54, 1.807) is 12.4 Å². The average molecular weight is 141 g/mol. The SMILES string of the molecule is NCc1ncc(S)cn1. The van der Waals surface area contributed by atoms with Gasteiger partial charge in [0.2, 0.25) is 0 Å². The summed E-state index contributed by atoms with van der Waals surface area (Å²) in [5, 5.41) is 0. The number of rotatable bonds is 1. The Balaban J connectivity index is 2.88. The molecule has 0 unspecified atom stereocenters. The maximum absolute atomic E-state index is 5.25. The largest absolute Gasteiger partial charge is 0.324 e. The van der Waals surface area contributed by atoms with Gasteiger partial charge in [-0.25, -0.2) is 9.97 Å². The lowest BCUT2D eigenvalue weighted by Crippen LogP contribution is -2.01. The predicted octanol–water partition coefficient (Wildman–Crippen LogP) is 0.224. The van der Waals surface area contributed by atoms with Gasteiger partial charge < -0.3 is 5.73 Å². The van der Waals surface area contributed by atoms with Crippen LogP contribution in [0.2, 0.25) is 0 Å². The van der Waals surface area contributed by atoms with Crippen molar-refractivity contribution < 1.29 is 0 Å². The molecule has 0 amide bonds. The van der Waals surface area contributed by atoms with E-state index >= 15 is 0 Å². The van der Waals surface area contributed by atoms with Crippen molar-refractivity contribution in [3.63, 3.8) is 0 Å². The van der Waals surface area contributed by atoms with Crippen LogP contribution in [0, 0.1) is 0 Å². The van der Waals surface area contributed by atoms with E-state index in [9.17, 15) is 0 Å². The van der Waals surface area contributed by atoms with E-state index in [4.69, 9.17) is 5.73 Å². The summed E-state index contributed by atoms with van der Waals surface area (Å²) in [4.78, 5) is 8.53. The lowest BCUT2D eigenvalue weighted by molar-refractivity contribution is 0.891. The average Bonchev–Trinajstić information content (AvgIpc) is 1.90. The van der Waals surface area contributed by atoms with Crippen LogP contribution in [0.1, 0.15) is 5.82 Å². The second-order valence-corrected chi connectivity index (χ2v) is 2.08. The smallest absolute Gasteiger partial charge is 0.141 e. The first-order valence-electron chi connectivity index (χ1n) is 2.53. The van der Waals surface area contributed by atoms with Gasteiger partial charge in [-0.15, -0.1) is 12.6 Å². The standard InChI is InChI=1S/C5H7N3S/c6-1-5-7-2-4(9)3-8-5/h2-3,9H,1,6H2. The summed E-state index contributed by atoms with van der Waals surface area (Å²) < 4.78 is 0. The number of hydrogen-bond donors (Lipinski definition) is 2. The topological polar surface area (TPSA) is 51.8 Å². The third-order valence-corrected chi connectivity index (χ3v) is 1.11. The number of thiol groups is 1. The maximum atomic E-state index is 5.25. The van der Waals surface area contributed by atoms with Crippen molar-refractivity contribution in [2.45, 2.75) is 11.4 Å². The summed E-state index contributed by atoms with van der Waals surface area (Å²) in [7, 11) is 0. The van der Waals surface area contributed by atoms with Gasteiger partial charge in [-0.05, 0) is 0 Å². The third-order valence-electron chi connectivity index (χ3n) is 0.874. The molecule has 0 aromatic carbocycles. The fourth-order valence-electron chi connectivity index (χ4n) is 0.453. The molecule has 48 valence electrons. The zero-order chi connectivity index (χ0) is 6.69. The Kier molecular flexibility index (Phi) is 2.02. The van der Waals surface area contributed by atoms with Crippen molar-refractivity contribution in [3.05, 3.63) is 18.2 Å². The Morgan fingerprint density at radius 2 is 2.00 bits per heavy atom. The summed E-state index contributed by atoms with van der Waals surface area (Å²) in [5.74, 6) is 0.646. The highest BCUT2D eigenvalue weighted by molar-refractivity contribution is 7.80. The van der Waals surface area contributed by atoms with E-state index in [2.05, 4.69) is 22.6 Å². The molecule has 1 aromatic rings. The minimum atomic E-state index is 0.383. The molecule has 9 heavy (non-hydrogen) atoms. The molecule has 0 atom stereocenters. The second kappa shape index (κ2) is 2.80. The normalized spacial score (nSPS) is 9.56. The van der Waals surface area contributed by atoms with Crippen molar-refractivity contribution in [2.24, 2.45) is 5.73 Å². The molecule has 1 aromatic heterocycles. The summed E-state index contributed by atoms with van der Waals surface area (Å²) in [6.45, 7) is 0.383. The molecule has 0 aliphatic carbocycles. The van der Waals surface area contributed by atoms with Gasteiger partial charge in [0.05, 0.1) is 6.54 Å². The lowest BCUT2D eigenvalue weighted by atomic mass is 10.5. The van der Waals surface area contributed by atoms with Gasteiger partial charge in [0, 0.05) is 17.3 Å². The summed E-state index contributed by atoms with van der Waals surface area (Å²) in [6, 6.07) is 0. The second-order valence-electron chi connectivity index (χ2n) is 1.56. The number of nitrogens with zero attached hydrogens (tertiary/aromatic N) is 2. The van der Waals surface area contributed by atoms with Crippen LogP contribution in [0.4, 0.5) is 0 Å². The Hall–Kier alpha value is -0.610. The molecule has 0 aliphatic heterocycles. The van der Waals surface area contributed by atoms with Crippen LogP contribution >= 0.6 is 12.6 Å². The Bertz CT molecular complexity index is 184. The zero-order valence-electron chi connectivity index (χ0n) is 4.78. The van der Waals surface area contributed by atoms with Gasteiger partial charge >= 0.3 is 0 Å². The highest BCUT2D eigenvalue weighted by atomic mass is 32.1. The van der Waals surface area contributed by atoms with Crippen molar-refractivity contribution in [2.75, 3.05) is 0 Å². The minimum absolute atomic E-state index is 0.383. The van der Waals surface area contributed by atoms with E-state index in [0.717, 1.165) is 4.90 Å². The number of hydrogen-bond acceptors (Lipinski definition) is 4. The molecule has 0 bridgehead atoms. The van der Waals surface area contributed by atoms with Gasteiger partial charge in [0.15, 0.2) is 0 Å². The lowest BCUT2D eigenvalue weighted by Gasteiger charge is -1.92. The van der Waals surface area contributed by atoms with Crippen molar-refractivity contribution >= 4 is 12.6 Å². The monoisotopic (exact) mass is 141 g/mol. The molecule has 0 saturated carbocycles. The molecule has 0 spiro atoms. The van der Waals surface area contributed by atoms with Gasteiger partial charge in [-0.1, -0.05) is 0 Å². The highest BCUT2D eigenvalue weighted by Gasteiger charge is 1.88. The number of aromatic nitrogens is 2. The fourth-order valence-corrected chi connectivity index (χ4v) is 0.569. The van der Waals surface area contributed by atoms with Crippen LogP contribution in [0.5, 0.6) is 0 Å². The van der Waals surface area contributed by atoms with E-state index in [1.807, 2.05) is 0 Å². The first-order valence-corrected chi connectivity index (χ1v) is 2.97. The van der Waals surface area contributed by atoms with Crippen LogP contribution < -0.4 is 5.73 Å². The molecule has 3 nitrogen and oxygen atoms in total. The maximum Gasteiger partial charge on any atom is 0.141 e. The number of nitrogens with two attached hydrogens (primary N) is 1. The zero-order valence-corrected chi connectivity index (χ0v) is 5.68. The van der Waals surface area contributed by atoms with Crippen molar-refractivity contribution in [1.82, 2.24) is 9.97 Å². The summed E-state index contributed by atoms with van der Waals surface area (Å²) in [5.41, 5.74) is 5.25. The molecule has 0 fully saturated rings. The molecular weight excluding hydrogens is 134 g/mol. The van der Waals surface area contributed by atoms with Crippen LogP contribution in [0.25, 0.3) is 0 Å². The van der Waals surface area contributed by atoms with Crippen LogP contribution in [-0.4, -0.2) is 9.97 Å². The summed E-state index contributed by atoms with van der Waals surface area (Å²) >= 11 is 4.00. The van der Waals surface area contributed by atoms with E-state index in [-0.39, 0.29) is 0 Å². The third kappa shape index (κ3) is 1.65. The predicted molar refractivity (Wildman–Crippen MR) is 37.2 cm³/mol. The van der Waals surface area contributed by atoms with Gasteiger partial charge in [0.1, 0.15) is 5.82 Å². The first kappa shape index (κ1) is 6.51. The molecule has 1 heterocycles. The molecule has 0 aliphatic rings. The van der Waals surface area contributed by atoms with Crippen molar-refractivity contribution in [1.29, 1.82) is 0 Å². The first-order chi connectivity index (χ1) is 4.33. The highest BCUT2D eigenvalue weighted by Crippen LogP contribution is 1.98. The Labute approximate surface area is 58.7 Å². The molecule has 0 saturated heterocycles. The van der Waals surface area contributed by atoms with E-state index < -0.39 is 0 Å². The summed E-state index contributed by atoms with van der Waals surface area (Å²) in [6.07, 6.45) is 3.25. The van der Waals surface area contributed by atoms with E-state index in [1.165, 1.54) is 0 Å². The van der Waals surface area contributed by atoms with Gasteiger partial charge in [-0.2, -0.15) is 0 Å².